The number of rotatable bonds is 8. The molecule has 250 valence electrons. The van der Waals surface area contributed by atoms with E-state index in [0.29, 0.717) is 26.1 Å². The number of aliphatic hydroxyl groups is 1. The van der Waals surface area contributed by atoms with Gasteiger partial charge in [-0.1, -0.05) is 106 Å². The third-order valence-corrected chi connectivity index (χ3v) is 12.2. The van der Waals surface area contributed by atoms with Crippen molar-refractivity contribution in [2.24, 2.45) is 17.3 Å². The van der Waals surface area contributed by atoms with E-state index in [1.165, 1.54) is 0 Å². The fourth-order valence-electron chi connectivity index (χ4n) is 8.93. The van der Waals surface area contributed by atoms with Crippen LogP contribution in [-0.4, -0.2) is 84.3 Å². The number of fused-ring (bicyclic) bond motifs is 2. The molecule has 8 heteroatoms. The van der Waals surface area contributed by atoms with Gasteiger partial charge in [0.2, 0.25) is 17.7 Å². The Morgan fingerprint density at radius 3 is 2.06 bits per heavy atom. The van der Waals surface area contributed by atoms with E-state index >= 15 is 9.59 Å². The zero-order valence-corrected chi connectivity index (χ0v) is 29.4. The lowest BCUT2D eigenvalue weighted by Crippen LogP contribution is -2.61. The number of likely N-dealkylation sites (tertiary alicyclic amines) is 1. The van der Waals surface area contributed by atoms with Gasteiger partial charge in [-0.25, -0.2) is 0 Å². The summed E-state index contributed by atoms with van der Waals surface area (Å²) in [6.07, 6.45) is 9.46. The van der Waals surface area contributed by atoms with Crippen LogP contribution in [0.25, 0.3) is 0 Å². The molecule has 0 saturated carbocycles. The van der Waals surface area contributed by atoms with Crippen LogP contribution in [-0.2, 0) is 27.3 Å². The third kappa shape index (κ3) is 5.97. The molecule has 0 bridgehead atoms. The van der Waals surface area contributed by atoms with Crippen molar-refractivity contribution in [3.05, 3.63) is 96.1 Å². The van der Waals surface area contributed by atoms with Gasteiger partial charge in [-0.3, -0.25) is 14.4 Å². The first-order valence-electron chi connectivity index (χ1n) is 16.9. The predicted molar refractivity (Wildman–Crippen MR) is 187 cm³/mol. The lowest BCUT2D eigenvalue weighted by molar-refractivity contribution is -0.149. The monoisotopic (exact) mass is 655 g/mol. The molecule has 2 fully saturated rings. The summed E-state index contributed by atoms with van der Waals surface area (Å²) in [5.41, 5.74) is 1.48. The average Bonchev–Trinajstić information content (AvgIpc) is 3.28. The van der Waals surface area contributed by atoms with E-state index < -0.39 is 39.0 Å². The normalized spacial score (nSPS) is 29.8. The number of benzene rings is 2. The summed E-state index contributed by atoms with van der Waals surface area (Å²) in [5, 5.41) is 10.9. The molecular weight excluding hydrogens is 607 g/mol. The number of thioether (sulfide) groups is 1. The van der Waals surface area contributed by atoms with E-state index in [1.807, 2.05) is 70.5 Å². The summed E-state index contributed by atoms with van der Waals surface area (Å²) in [6, 6.07) is 18.2. The van der Waals surface area contributed by atoms with E-state index in [0.717, 1.165) is 17.5 Å². The van der Waals surface area contributed by atoms with E-state index in [4.69, 9.17) is 0 Å². The van der Waals surface area contributed by atoms with Crippen molar-refractivity contribution >= 4 is 29.5 Å². The van der Waals surface area contributed by atoms with Gasteiger partial charge in [0.05, 0.1) is 29.2 Å². The highest BCUT2D eigenvalue weighted by atomic mass is 32.2. The van der Waals surface area contributed by atoms with Gasteiger partial charge in [0.1, 0.15) is 6.04 Å². The fraction of sp³-hybridized carbons (Fsp3) is 0.513. The number of aliphatic hydroxyl groups excluding tert-OH is 1. The third-order valence-electron chi connectivity index (χ3n) is 10.4. The topological polar surface area (TPSA) is 81.2 Å². The van der Waals surface area contributed by atoms with Crippen LogP contribution in [0.15, 0.2) is 85.0 Å². The Balaban J connectivity index is 1.46. The molecule has 1 unspecified atom stereocenters. The van der Waals surface area contributed by atoms with Gasteiger partial charge in [-0.15, -0.1) is 11.8 Å². The Hall–Kier alpha value is -3.36. The quantitative estimate of drug-likeness (QED) is 0.381. The molecule has 2 saturated heterocycles. The van der Waals surface area contributed by atoms with Crippen LogP contribution < -0.4 is 0 Å². The lowest BCUT2D eigenvalue weighted by Gasteiger charge is -2.45. The number of hydrogen-bond donors (Lipinski definition) is 1. The highest BCUT2D eigenvalue weighted by Crippen LogP contribution is 2.66. The summed E-state index contributed by atoms with van der Waals surface area (Å²) in [5.74, 6) is -1.83. The molecule has 1 N–H and O–H groups in total. The molecule has 0 aliphatic carbocycles. The smallest absolute Gasteiger partial charge is 0.247 e. The summed E-state index contributed by atoms with van der Waals surface area (Å²) in [4.78, 5) is 50.5. The minimum absolute atomic E-state index is 0.0334. The second-order valence-corrected chi connectivity index (χ2v) is 17.6. The highest BCUT2D eigenvalue weighted by Gasteiger charge is 2.74. The zero-order chi connectivity index (χ0) is 33.8. The SMILES string of the molecule is CC(C)(C)CC(C)(C)N1CC=C[C@]23S[C@@]4(C)C=CCN(Cc5ccccc5)C(=O)[C@H]4[C@H]2C(=O)N([C@@H](CO)Cc2ccccc2)C3C1=O. The highest BCUT2D eigenvalue weighted by molar-refractivity contribution is 8.02. The Kier molecular flexibility index (Phi) is 8.75. The maximum atomic E-state index is 15.2. The van der Waals surface area contributed by atoms with E-state index in [-0.39, 0.29) is 29.7 Å². The maximum absolute atomic E-state index is 15.2. The van der Waals surface area contributed by atoms with Crippen LogP contribution in [0.2, 0.25) is 0 Å². The van der Waals surface area contributed by atoms with Crippen LogP contribution in [0.4, 0.5) is 0 Å². The van der Waals surface area contributed by atoms with Crippen molar-refractivity contribution in [2.45, 2.75) is 88.0 Å². The zero-order valence-electron chi connectivity index (χ0n) is 28.6. The minimum atomic E-state index is -0.972. The Labute approximate surface area is 284 Å². The molecule has 6 atom stereocenters. The van der Waals surface area contributed by atoms with E-state index in [1.54, 1.807) is 16.7 Å². The largest absolute Gasteiger partial charge is 0.394 e. The van der Waals surface area contributed by atoms with Crippen LogP contribution in [0.3, 0.4) is 0 Å². The number of carbonyl (C=O) groups excluding carboxylic acids is 3. The van der Waals surface area contributed by atoms with Gasteiger partial charge in [0.15, 0.2) is 0 Å². The summed E-state index contributed by atoms with van der Waals surface area (Å²) < 4.78 is -1.66. The van der Waals surface area contributed by atoms with Crippen molar-refractivity contribution < 1.29 is 19.5 Å². The van der Waals surface area contributed by atoms with Crippen molar-refractivity contribution in [1.29, 1.82) is 0 Å². The number of hydrogen-bond acceptors (Lipinski definition) is 5. The van der Waals surface area contributed by atoms with Crippen LogP contribution in [0, 0.1) is 17.3 Å². The van der Waals surface area contributed by atoms with Gasteiger partial charge in [0.25, 0.3) is 0 Å². The molecule has 6 rings (SSSR count). The van der Waals surface area contributed by atoms with Crippen molar-refractivity contribution in [2.75, 3.05) is 19.7 Å². The molecular formula is C39H49N3O4S. The van der Waals surface area contributed by atoms with Gasteiger partial charge in [0, 0.05) is 29.9 Å². The molecule has 0 aromatic heterocycles. The molecule has 4 aliphatic heterocycles. The molecule has 1 spiro atoms. The molecule has 2 aromatic rings. The first kappa shape index (κ1) is 33.5. The predicted octanol–water partition coefficient (Wildman–Crippen LogP) is 5.49. The molecule has 3 amide bonds. The maximum Gasteiger partial charge on any atom is 0.247 e. The number of amides is 3. The first-order chi connectivity index (χ1) is 22.2. The van der Waals surface area contributed by atoms with Crippen molar-refractivity contribution in [3.8, 4) is 0 Å². The molecule has 4 heterocycles. The molecule has 0 radical (unpaired) electrons. The molecule has 4 aliphatic rings. The Morgan fingerprint density at radius 2 is 1.45 bits per heavy atom. The molecule has 47 heavy (non-hydrogen) atoms. The minimum Gasteiger partial charge on any atom is -0.394 e. The first-order valence-corrected chi connectivity index (χ1v) is 17.7. The number of nitrogens with zero attached hydrogens (tertiary/aromatic N) is 3. The van der Waals surface area contributed by atoms with E-state index in [2.05, 4.69) is 65.8 Å². The number of carbonyl (C=O) groups is 3. The standard InChI is InChI=1S/C39H49N3O4S/c1-36(2,3)26-37(4,5)41-22-14-20-39-31(34(45)42(32(39)35(41)46)29(25-43)23-27-15-9-7-10-16-27)30-33(44)40(21-13-19-38(30,6)47-39)24-28-17-11-8-12-18-28/h7-20,29-32,43H,21-26H2,1-6H3/t29-,30-,31+,32?,38+,39+/m1/s1. The van der Waals surface area contributed by atoms with Crippen LogP contribution in [0.1, 0.15) is 59.1 Å². The van der Waals surface area contributed by atoms with Crippen molar-refractivity contribution in [1.82, 2.24) is 14.7 Å². The van der Waals surface area contributed by atoms with Gasteiger partial charge < -0.3 is 19.8 Å². The summed E-state index contributed by atoms with van der Waals surface area (Å²) in [6.45, 7) is 13.8. The van der Waals surface area contributed by atoms with E-state index in [9.17, 15) is 9.90 Å². The van der Waals surface area contributed by atoms with Gasteiger partial charge in [-0.2, -0.15) is 0 Å². The van der Waals surface area contributed by atoms with Crippen LogP contribution >= 0.6 is 11.8 Å². The van der Waals surface area contributed by atoms with Crippen molar-refractivity contribution in [3.63, 3.8) is 0 Å². The summed E-state index contributed by atoms with van der Waals surface area (Å²) in [7, 11) is 0. The lowest BCUT2D eigenvalue weighted by atomic mass is 9.74. The summed E-state index contributed by atoms with van der Waals surface area (Å²) >= 11 is 1.60. The van der Waals surface area contributed by atoms with Crippen LogP contribution in [0.5, 0.6) is 0 Å². The second-order valence-electron chi connectivity index (χ2n) is 15.8. The average molecular weight is 656 g/mol. The molecule has 7 nitrogen and oxygen atoms in total. The fourth-order valence-corrected chi connectivity index (χ4v) is 11.1. The molecule has 2 aromatic carbocycles. The van der Waals surface area contributed by atoms with Gasteiger partial charge >= 0.3 is 0 Å². The Morgan fingerprint density at radius 1 is 0.830 bits per heavy atom. The Bertz CT molecular complexity index is 1570. The van der Waals surface area contributed by atoms with Gasteiger partial charge in [-0.05, 0) is 50.2 Å². The second kappa shape index (κ2) is 12.3.